The van der Waals surface area contributed by atoms with Gasteiger partial charge >= 0.3 is 8.80 Å². The summed E-state index contributed by atoms with van der Waals surface area (Å²) in [6, 6.07) is 0.722. The Morgan fingerprint density at radius 1 is 0.396 bits per heavy atom. The van der Waals surface area contributed by atoms with Crippen LogP contribution >= 0.6 is 0 Å². The fraction of sp³-hybridized carbons (Fsp3) is 0.976. The highest BCUT2D eigenvalue weighted by Gasteiger charge is 2.39. The van der Waals surface area contributed by atoms with E-state index in [1.165, 1.54) is 167 Å². The van der Waals surface area contributed by atoms with Crippen LogP contribution in [0.2, 0.25) is 6.04 Å². The van der Waals surface area contributed by atoms with Gasteiger partial charge in [0.1, 0.15) is 0 Å². The summed E-state index contributed by atoms with van der Waals surface area (Å²) in [5.74, 6) is 0.312. The van der Waals surface area contributed by atoms with E-state index in [-0.39, 0.29) is 0 Å². The van der Waals surface area contributed by atoms with Crippen LogP contribution in [0, 0.1) is 0 Å². The summed E-state index contributed by atoms with van der Waals surface area (Å²) in [7, 11) is -2.69. The number of carbonyl (C=O) groups is 1. The van der Waals surface area contributed by atoms with Gasteiger partial charge in [0.15, 0.2) is 0 Å². The number of hydrogen-bond acceptors (Lipinski definition) is 4. The molecule has 0 radical (unpaired) electrons. The molecule has 0 aromatic rings. The van der Waals surface area contributed by atoms with E-state index in [9.17, 15) is 4.79 Å². The van der Waals surface area contributed by atoms with Crippen LogP contribution in [-0.4, -0.2) is 52.5 Å². The zero-order chi connectivity index (χ0) is 35.2. The van der Waals surface area contributed by atoms with E-state index in [1.807, 2.05) is 20.8 Å². The van der Waals surface area contributed by atoms with Crippen molar-refractivity contribution in [3.05, 3.63) is 0 Å². The van der Waals surface area contributed by atoms with Crippen LogP contribution in [-0.2, 0) is 18.1 Å². The predicted molar refractivity (Wildman–Crippen MR) is 212 cm³/mol. The van der Waals surface area contributed by atoms with Crippen LogP contribution in [0.1, 0.15) is 227 Å². The predicted octanol–water partition coefficient (Wildman–Crippen LogP) is 13.6. The normalized spacial score (nSPS) is 11.9. The topological polar surface area (TPSA) is 48.0 Å². The molecule has 0 heterocycles. The van der Waals surface area contributed by atoms with E-state index in [4.69, 9.17) is 13.3 Å². The first-order valence-electron chi connectivity index (χ1n) is 21.8. The Balaban J connectivity index is 4.39. The number of rotatable bonds is 40. The van der Waals surface area contributed by atoms with Crippen molar-refractivity contribution in [3.8, 4) is 0 Å². The standard InChI is InChI=1S/C42H87NO4Si/c1-6-11-13-15-17-19-21-23-25-27-29-31-33-35-39-43(42(44)38-37-41-48(45-8-3,46-9-4)47-10-5)40-36-34-32-30-28-26-24-22-20-18-16-14-12-7-2/h6-41H2,1-5H3. The lowest BCUT2D eigenvalue weighted by Gasteiger charge is -2.29. The highest BCUT2D eigenvalue weighted by molar-refractivity contribution is 6.60. The molecule has 0 atom stereocenters. The van der Waals surface area contributed by atoms with Crippen LogP contribution in [0.25, 0.3) is 0 Å². The second-order valence-corrected chi connectivity index (χ2v) is 17.1. The van der Waals surface area contributed by atoms with Gasteiger partial charge in [0, 0.05) is 45.4 Å². The Kier molecular flexibility index (Phi) is 37.5. The largest absolute Gasteiger partial charge is 0.500 e. The summed E-state index contributed by atoms with van der Waals surface area (Å²) < 4.78 is 18.1. The van der Waals surface area contributed by atoms with E-state index < -0.39 is 8.80 Å². The maximum absolute atomic E-state index is 13.5. The number of carbonyl (C=O) groups excluding carboxylic acids is 1. The Hall–Kier alpha value is -0.433. The third kappa shape index (κ3) is 30.4. The lowest BCUT2D eigenvalue weighted by molar-refractivity contribution is -0.131. The summed E-state index contributed by atoms with van der Waals surface area (Å²) in [6.45, 7) is 14.2. The monoisotopic (exact) mass is 698 g/mol. The van der Waals surface area contributed by atoms with Crippen LogP contribution in [0.3, 0.4) is 0 Å². The summed E-state index contributed by atoms with van der Waals surface area (Å²) in [4.78, 5) is 15.6. The Morgan fingerprint density at radius 3 is 0.938 bits per heavy atom. The average molecular weight is 698 g/mol. The van der Waals surface area contributed by atoms with Gasteiger partial charge in [0.05, 0.1) is 0 Å². The highest BCUT2D eigenvalue weighted by atomic mass is 28.4. The summed E-state index contributed by atoms with van der Waals surface area (Å²) in [5, 5.41) is 0. The number of unbranched alkanes of at least 4 members (excludes halogenated alkanes) is 26. The molecule has 0 aliphatic rings. The van der Waals surface area contributed by atoms with Gasteiger partial charge in [-0.3, -0.25) is 4.79 Å². The van der Waals surface area contributed by atoms with Crippen molar-refractivity contribution in [2.24, 2.45) is 0 Å². The highest BCUT2D eigenvalue weighted by Crippen LogP contribution is 2.21. The van der Waals surface area contributed by atoms with Gasteiger partial charge in [0.25, 0.3) is 0 Å². The van der Waals surface area contributed by atoms with Gasteiger partial charge < -0.3 is 18.2 Å². The molecule has 0 saturated heterocycles. The summed E-state index contributed by atoms with van der Waals surface area (Å²) >= 11 is 0. The molecule has 0 aliphatic heterocycles. The fourth-order valence-corrected chi connectivity index (χ4v) is 9.58. The third-order valence-electron chi connectivity index (χ3n) is 9.88. The molecule has 0 fully saturated rings. The van der Waals surface area contributed by atoms with Crippen LogP contribution in [0.4, 0.5) is 0 Å². The first-order valence-corrected chi connectivity index (χ1v) is 23.7. The molecule has 48 heavy (non-hydrogen) atoms. The van der Waals surface area contributed by atoms with Crippen molar-refractivity contribution in [3.63, 3.8) is 0 Å². The van der Waals surface area contributed by atoms with Gasteiger partial charge in [-0.25, -0.2) is 0 Å². The van der Waals surface area contributed by atoms with E-state index in [2.05, 4.69) is 18.7 Å². The molecular formula is C42H87NO4Si. The summed E-state index contributed by atoms with van der Waals surface area (Å²) in [5.41, 5.74) is 0. The molecule has 0 rings (SSSR count). The van der Waals surface area contributed by atoms with E-state index in [1.54, 1.807) is 0 Å². The Bertz CT molecular complexity index is 600. The van der Waals surface area contributed by atoms with E-state index in [0.29, 0.717) is 32.1 Å². The zero-order valence-corrected chi connectivity index (χ0v) is 34.5. The molecule has 1 amide bonds. The molecule has 0 aliphatic carbocycles. The Labute approximate surface area is 303 Å². The third-order valence-corrected chi connectivity index (χ3v) is 13.0. The molecule has 0 bridgehead atoms. The molecule has 0 saturated carbocycles. The van der Waals surface area contributed by atoms with Crippen molar-refractivity contribution in [1.82, 2.24) is 4.90 Å². The van der Waals surface area contributed by atoms with Crippen molar-refractivity contribution in [2.75, 3.05) is 32.9 Å². The number of nitrogens with zero attached hydrogens (tertiary/aromatic N) is 1. The van der Waals surface area contributed by atoms with Gasteiger partial charge in [-0.05, 0) is 40.0 Å². The second kappa shape index (κ2) is 37.8. The number of amides is 1. The molecule has 288 valence electrons. The van der Waals surface area contributed by atoms with Crippen LogP contribution < -0.4 is 0 Å². The molecular weight excluding hydrogens is 611 g/mol. The van der Waals surface area contributed by atoms with E-state index >= 15 is 0 Å². The van der Waals surface area contributed by atoms with Crippen molar-refractivity contribution < 1.29 is 18.1 Å². The van der Waals surface area contributed by atoms with Gasteiger partial charge in [-0.1, -0.05) is 181 Å². The minimum absolute atomic E-state index is 0.312. The molecule has 0 aromatic carbocycles. The maximum Gasteiger partial charge on any atom is 0.500 e. The maximum atomic E-state index is 13.5. The fourth-order valence-electron chi connectivity index (χ4n) is 6.97. The molecule has 0 aromatic heterocycles. The minimum atomic E-state index is -2.69. The van der Waals surface area contributed by atoms with Crippen molar-refractivity contribution >= 4 is 14.7 Å². The van der Waals surface area contributed by atoms with Gasteiger partial charge in [0.2, 0.25) is 5.91 Å². The lowest BCUT2D eigenvalue weighted by atomic mass is 10.0. The van der Waals surface area contributed by atoms with Gasteiger partial charge in [-0.15, -0.1) is 0 Å². The van der Waals surface area contributed by atoms with Crippen LogP contribution in [0.5, 0.6) is 0 Å². The van der Waals surface area contributed by atoms with Gasteiger partial charge in [-0.2, -0.15) is 0 Å². The van der Waals surface area contributed by atoms with Crippen molar-refractivity contribution in [1.29, 1.82) is 0 Å². The summed E-state index contributed by atoms with van der Waals surface area (Å²) in [6.07, 6.45) is 39.6. The molecule has 5 nitrogen and oxygen atoms in total. The SMILES string of the molecule is CCCCCCCCCCCCCCCCN(CCCCCCCCCCCCCCCC)C(=O)CCC[Si](OCC)(OCC)OCC. The zero-order valence-electron chi connectivity index (χ0n) is 33.5. The van der Waals surface area contributed by atoms with Crippen molar-refractivity contribution in [2.45, 2.75) is 233 Å². The molecule has 0 N–H and O–H groups in total. The molecule has 0 spiro atoms. The number of hydrogen-bond donors (Lipinski definition) is 0. The first-order chi connectivity index (χ1) is 23.6. The first kappa shape index (κ1) is 47.6. The lowest BCUT2D eigenvalue weighted by Crippen LogP contribution is -2.46. The average Bonchev–Trinajstić information content (AvgIpc) is 3.08. The second-order valence-electron chi connectivity index (χ2n) is 14.4. The van der Waals surface area contributed by atoms with Crippen LogP contribution in [0.15, 0.2) is 0 Å². The quantitative estimate of drug-likeness (QED) is 0.0472. The minimum Gasteiger partial charge on any atom is -0.374 e. The van der Waals surface area contributed by atoms with E-state index in [0.717, 1.165) is 38.4 Å². The Morgan fingerprint density at radius 2 is 0.667 bits per heavy atom. The molecule has 6 heteroatoms. The molecule has 0 unspecified atom stereocenters. The smallest absolute Gasteiger partial charge is 0.374 e.